The number of para-hydroxylation sites is 1. The Morgan fingerprint density at radius 2 is 1.97 bits per heavy atom. The van der Waals surface area contributed by atoms with E-state index in [0.717, 1.165) is 17.6 Å². The third-order valence-electron chi connectivity index (χ3n) is 5.48. The van der Waals surface area contributed by atoms with Gasteiger partial charge in [0.1, 0.15) is 11.3 Å². The Kier molecular flexibility index (Phi) is 3.87. The van der Waals surface area contributed by atoms with Crippen molar-refractivity contribution in [2.45, 2.75) is 18.3 Å². The molecule has 1 saturated carbocycles. The number of nitrogens with two attached hydrogens (primary N) is 1. The van der Waals surface area contributed by atoms with Crippen LogP contribution in [-0.2, 0) is 0 Å². The largest absolute Gasteiger partial charge is 0.494 e. The maximum Gasteiger partial charge on any atom is 0.251 e. The molecule has 1 aliphatic carbocycles. The summed E-state index contributed by atoms with van der Waals surface area (Å²) in [5.74, 6) is 2.16. The van der Waals surface area contributed by atoms with Crippen LogP contribution in [0.25, 0.3) is 16.6 Å². The van der Waals surface area contributed by atoms with Crippen molar-refractivity contribution in [3.05, 3.63) is 59.4 Å². The first kappa shape index (κ1) is 17.4. The summed E-state index contributed by atoms with van der Waals surface area (Å²) in [4.78, 5) is 21.0. The molecule has 4 aromatic rings. The molecule has 0 saturated heterocycles. The number of methoxy groups -OCH3 is 1. The third-order valence-corrected chi connectivity index (χ3v) is 5.48. The van der Waals surface area contributed by atoms with Crippen molar-refractivity contribution in [2.24, 2.45) is 0 Å². The summed E-state index contributed by atoms with van der Waals surface area (Å²) in [6.45, 7) is 0. The highest BCUT2D eigenvalue weighted by molar-refractivity contribution is 5.96. The molecule has 8 heteroatoms. The first-order chi connectivity index (χ1) is 14.1. The second-order valence-electron chi connectivity index (χ2n) is 7.18. The number of anilines is 1. The van der Waals surface area contributed by atoms with Gasteiger partial charge in [-0.2, -0.15) is 4.52 Å². The van der Waals surface area contributed by atoms with Gasteiger partial charge in [-0.25, -0.2) is 9.97 Å². The number of amides is 1. The molecule has 1 aliphatic rings. The highest BCUT2D eigenvalue weighted by Crippen LogP contribution is 2.53. The van der Waals surface area contributed by atoms with Crippen molar-refractivity contribution in [3.8, 4) is 5.75 Å². The van der Waals surface area contributed by atoms with Crippen LogP contribution in [0.1, 0.15) is 40.0 Å². The van der Waals surface area contributed by atoms with Crippen molar-refractivity contribution in [1.82, 2.24) is 24.9 Å². The summed E-state index contributed by atoms with van der Waals surface area (Å²) >= 11 is 0. The standard InChI is InChI=1S/C21H20N6O2/c1-23-20(28)12-8-6-11(7-9-12)14-10-15(14)18-25-19-13-4-3-5-16(29-2)17(13)24-21(22)27(19)26-18/h3-9,14-15H,10H2,1-2H3,(H2,22,24)(H,23,28). The lowest BCUT2D eigenvalue weighted by Crippen LogP contribution is -2.17. The molecule has 29 heavy (non-hydrogen) atoms. The van der Waals surface area contributed by atoms with Crippen LogP contribution in [0.4, 0.5) is 5.95 Å². The second-order valence-corrected chi connectivity index (χ2v) is 7.18. The van der Waals surface area contributed by atoms with E-state index in [0.29, 0.717) is 28.4 Å². The van der Waals surface area contributed by atoms with Gasteiger partial charge in [0.25, 0.3) is 5.91 Å². The summed E-state index contributed by atoms with van der Waals surface area (Å²) in [7, 11) is 3.23. The number of rotatable bonds is 4. The zero-order valence-electron chi connectivity index (χ0n) is 16.1. The summed E-state index contributed by atoms with van der Waals surface area (Å²) in [6.07, 6.45) is 0.963. The highest BCUT2D eigenvalue weighted by atomic mass is 16.5. The average molecular weight is 388 g/mol. The highest BCUT2D eigenvalue weighted by Gasteiger charge is 2.42. The lowest BCUT2D eigenvalue weighted by molar-refractivity contribution is 0.0963. The number of fused-ring (bicyclic) bond motifs is 3. The van der Waals surface area contributed by atoms with Crippen LogP contribution in [0, 0.1) is 0 Å². The predicted molar refractivity (Wildman–Crippen MR) is 109 cm³/mol. The fourth-order valence-electron chi connectivity index (χ4n) is 3.84. The molecule has 5 rings (SSSR count). The minimum absolute atomic E-state index is 0.0869. The van der Waals surface area contributed by atoms with E-state index in [1.54, 1.807) is 18.7 Å². The monoisotopic (exact) mass is 388 g/mol. The van der Waals surface area contributed by atoms with Crippen LogP contribution in [0.15, 0.2) is 42.5 Å². The lowest BCUT2D eigenvalue weighted by Gasteiger charge is -2.06. The molecule has 0 bridgehead atoms. The van der Waals surface area contributed by atoms with Crippen LogP contribution < -0.4 is 15.8 Å². The summed E-state index contributed by atoms with van der Waals surface area (Å²) in [5.41, 5.74) is 9.33. The number of carbonyl (C=O) groups excluding carboxylic acids is 1. The van der Waals surface area contributed by atoms with E-state index in [2.05, 4.69) is 15.4 Å². The average Bonchev–Trinajstić information content (AvgIpc) is 3.43. The number of nitrogen functional groups attached to an aromatic ring is 1. The van der Waals surface area contributed by atoms with Gasteiger partial charge in [0.05, 0.1) is 7.11 Å². The number of carbonyl (C=O) groups is 1. The summed E-state index contributed by atoms with van der Waals surface area (Å²) in [5, 5.41) is 8.11. The van der Waals surface area contributed by atoms with Crippen molar-refractivity contribution < 1.29 is 9.53 Å². The molecule has 2 heterocycles. The van der Waals surface area contributed by atoms with Gasteiger partial charge < -0.3 is 15.8 Å². The second kappa shape index (κ2) is 6.44. The molecule has 3 N–H and O–H groups in total. The fraction of sp³-hybridized carbons (Fsp3) is 0.238. The van der Waals surface area contributed by atoms with E-state index in [-0.39, 0.29) is 17.8 Å². The minimum atomic E-state index is -0.0869. The van der Waals surface area contributed by atoms with E-state index in [1.165, 1.54) is 5.56 Å². The predicted octanol–water partition coefficient (Wildman–Crippen LogP) is 2.50. The number of hydrogen-bond donors (Lipinski definition) is 2. The summed E-state index contributed by atoms with van der Waals surface area (Å²) in [6, 6.07) is 13.4. The fourth-order valence-corrected chi connectivity index (χ4v) is 3.84. The van der Waals surface area contributed by atoms with E-state index < -0.39 is 0 Å². The van der Waals surface area contributed by atoms with E-state index >= 15 is 0 Å². The SMILES string of the molecule is CNC(=O)c1ccc(C2CC2c2nc3c4cccc(OC)c4nc(N)n3n2)cc1. The molecule has 2 aromatic heterocycles. The lowest BCUT2D eigenvalue weighted by atomic mass is 10.1. The smallest absolute Gasteiger partial charge is 0.251 e. The Morgan fingerprint density at radius 3 is 2.69 bits per heavy atom. The van der Waals surface area contributed by atoms with E-state index in [4.69, 9.17) is 15.5 Å². The number of nitrogens with zero attached hydrogens (tertiary/aromatic N) is 4. The maximum absolute atomic E-state index is 11.7. The van der Waals surface area contributed by atoms with Gasteiger partial charge in [-0.05, 0) is 42.2 Å². The Hall–Kier alpha value is -3.68. The van der Waals surface area contributed by atoms with Crippen LogP contribution in [0.5, 0.6) is 5.75 Å². The maximum atomic E-state index is 11.7. The van der Waals surface area contributed by atoms with Gasteiger partial charge in [0.15, 0.2) is 11.5 Å². The number of nitrogens with one attached hydrogen (secondary N) is 1. The van der Waals surface area contributed by atoms with Gasteiger partial charge >= 0.3 is 0 Å². The Labute approximate surface area is 166 Å². The van der Waals surface area contributed by atoms with Crippen LogP contribution in [0.2, 0.25) is 0 Å². The Bertz CT molecular complexity index is 1250. The van der Waals surface area contributed by atoms with Crippen LogP contribution in [-0.4, -0.2) is 39.6 Å². The Balaban J connectivity index is 1.50. The van der Waals surface area contributed by atoms with E-state index in [9.17, 15) is 4.79 Å². The molecule has 8 nitrogen and oxygen atoms in total. The molecule has 0 radical (unpaired) electrons. The van der Waals surface area contributed by atoms with Gasteiger partial charge in [-0.15, -0.1) is 5.10 Å². The molecule has 2 atom stereocenters. The minimum Gasteiger partial charge on any atom is -0.494 e. The molecule has 1 fully saturated rings. The molecule has 0 aliphatic heterocycles. The first-order valence-electron chi connectivity index (χ1n) is 9.41. The molecule has 2 aromatic carbocycles. The molecule has 1 amide bonds. The molecule has 2 unspecified atom stereocenters. The van der Waals surface area contributed by atoms with Crippen molar-refractivity contribution in [1.29, 1.82) is 0 Å². The number of hydrogen-bond acceptors (Lipinski definition) is 6. The van der Waals surface area contributed by atoms with Gasteiger partial charge in [-0.3, -0.25) is 4.79 Å². The van der Waals surface area contributed by atoms with Crippen LogP contribution >= 0.6 is 0 Å². The van der Waals surface area contributed by atoms with Crippen molar-refractivity contribution >= 4 is 28.4 Å². The first-order valence-corrected chi connectivity index (χ1v) is 9.41. The van der Waals surface area contributed by atoms with Gasteiger partial charge in [-0.1, -0.05) is 18.2 Å². The third kappa shape index (κ3) is 2.75. The van der Waals surface area contributed by atoms with E-state index in [1.807, 2.05) is 42.5 Å². The number of ether oxygens (including phenoxy) is 1. The zero-order valence-corrected chi connectivity index (χ0v) is 16.1. The molecule has 0 spiro atoms. The quantitative estimate of drug-likeness (QED) is 0.556. The molecular weight excluding hydrogens is 368 g/mol. The molecule has 146 valence electrons. The van der Waals surface area contributed by atoms with Gasteiger partial charge in [0.2, 0.25) is 5.95 Å². The normalized spacial score (nSPS) is 18.1. The zero-order chi connectivity index (χ0) is 20.1. The number of aromatic nitrogens is 4. The Morgan fingerprint density at radius 1 is 1.17 bits per heavy atom. The van der Waals surface area contributed by atoms with Crippen LogP contribution in [0.3, 0.4) is 0 Å². The summed E-state index contributed by atoms with van der Waals surface area (Å²) < 4.78 is 7.00. The number of benzene rings is 2. The van der Waals surface area contributed by atoms with Crippen molar-refractivity contribution in [3.63, 3.8) is 0 Å². The molecular formula is C21H20N6O2. The topological polar surface area (TPSA) is 107 Å². The van der Waals surface area contributed by atoms with Gasteiger partial charge in [0, 0.05) is 23.9 Å². The van der Waals surface area contributed by atoms with Crippen molar-refractivity contribution in [2.75, 3.05) is 19.9 Å².